The molecule has 0 radical (unpaired) electrons. The lowest BCUT2D eigenvalue weighted by molar-refractivity contribution is 0.112. The zero-order chi connectivity index (χ0) is 13.5. The minimum atomic E-state index is 0.425. The summed E-state index contributed by atoms with van der Waals surface area (Å²) in [5, 5.41) is 5.62. The van der Waals surface area contributed by atoms with E-state index in [1.54, 1.807) is 0 Å². The number of rotatable bonds is 5. The van der Waals surface area contributed by atoms with E-state index in [4.69, 9.17) is 5.53 Å². The van der Waals surface area contributed by atoms with Gasteiger partial charge in [-0.25, -0.2) is 0 Å². The summed E-state index contributed by atoms with van der Waals surface area (Å²) in [6.07, 6.45) is 5.35. The highest BCUT2D eigenvalue weighted by Crippen LogP contribution is 2.23. The molecule has 0 N–H and O–H groups in total. The number of fused-ring (bicyclic) bond motifs is 1. The van der Waals surface area contributed by atoms with Gasteiger partial charge in [-0.3, -0.25) is 4.79 Å². The highest BCUT2D eigenvalue weighted by Gasteiger charge is 2.03. The number of benzene rings is 2. The van der Waals surface area contributed by atoms with E-state index in [0.29, 0.717) is 18.5 Å². The molecule has 0 aliphatic heterocycles. The number of aldehydes is 1. The van der Waals surface area contributed by atoms with Gasteiger partial charge in [0.1, 0.15) is 0 Å². The second-order valence-corrected chi connectivity index (χ2v) is 4.05. The Kier molecular flexibility index (Phi) is 4.32. The zero-order valence-electron chi connectivity index (χ0n) is 10.4. The topological polar surface area (TPSA) is 65.8 Å². The average Bonchev–Trinajstić information content (AvgIpc) is 2.47. The van der Waals surface area contributed by atoms with E-state index in [0.717, 1.165) is 22.6 Å². The minimum absolute atomic E-state index is 0.425. The van der Waals surface area contributed by atoms with Crippen LogP contribution in [0.4, 0.5) is 0 Å². The molecule has 0 heterocycles. The Morgan fingerprint density at radius 1 is 1.21 bits per heavy atom. The Morgan fingerprint density at radius 3 is 2.84 bits per heavy atom. The van der Waals surface area contributed by atoms with E-state index < -0.39 is 0 Å². The normalized spacial score (nSPS) is 10.5. The van der Waals surface area contributed by atoms with E-state index in [2.05, 4.69) is 10.0 Å². The van der Waals surface area contributed by atoms with Crippen molar-refractivity contribution in [2.75, 3.05) is 6.54 Å². The van der Waals surface area contributed by atoms with Crippen molar-refractivity contribution in [2.45, 2.75) is 6.42 Å². The molecular weight excluding hydrogens is 238 g/mol. The third-order valence-corrected chi connectivity index (χ3v) is 2.87. The standard InChI is InChI=1S/C15H13N3O/c16-18-17-10-4-3-7-15-13(11-19)9-8-12-5-1-2-6-14(12)15/h1-3,5-9,11H,4,10H2. The predicted octanol–water partition coefficient (Wildman–Crippen LogP) is 4.37. The molecule has 2 rings (SSSR count). The van der Waals surface area contributed by atoms with Crippen LogP contribution in [-0.2, 0) is 0 Å². The van der Waals surface area contributed by atoms with Crippen LogP contribution in [0.25, 0.3) is 27.3 Å². The van der Waals surface area contributed by atoms with Crippen LogP contribution < -0.4 is 0 Å². The Labute approximate surface area is 111 Å². The van der Waals surface area contributed by atoms with Crippen molar-refractivity contribution in [3.8, 4) is 0 Å². The largest absolute Gasteiger partial charge is 0.298 e. The van der Waals surface area contributed by atoms with E-state index in [1.807, 2.05) is 48.6 Å². The molecule has 0 fully saturated rings. The second-order valence-electron chi connectivity index (χ2n) is 4.05. The minimum Gasteiger partial charge on any atom is -0.298 e. The van der Waals surface area contributed by atoms with Gasteiger partial charge in [-0.1, -0.05) is 53.7 Å². The number of azide groups is 1. The van der Waals surface area contributed by atoms with Crippen LogP contribution in [0.15, 0.2) is 47.6 Å². The van der Waals surface area contributed by atoms with Gasteiger partial charge in [0.25, 0.3) is 0 Å². The Balaban J connectivity index is 2.38. The molecule has 2 aromatic carbocycles. The van der Waals surface area contributed by atoms with Crippen molar-refractivity contribution in [3.05, 3.63) is 64.0 Å². The lowest BCUT2D eigenvalue weighted by Crippen LogP contribution is -1.88. The Morgan fingerprint density at radius 2 is 2.05 bits per heavy atom. The maximum Gasteiger partial charge on any atom is 0.150 e. The molecule has 0 unspecified atom stereocenters. The molecule has 0 aliphatic rings. The first-order valence-electron chi connectivity index (χ1n) is 6.01. The molecule has 19 heavy (non-hydrogen) atoms. The molecule has 4 heteroatoms. The van der Waals surface area contributed by atoms with E-state index in [1.165, 1.54) is 0 Å². The molecule has 2 aromatic rings. The molecule has 0 bridgehead atoms. The van der Waals surface area contributed by atoms with E-state index in [-0.39, 0.29) is 0 Å². The highest BCUT2D eigenvalue weighted by atomic mass is 16.1. The van der Waals surface area contributed by atoms with Gasteiger partial charge in [-0.05, 0) is 28.3 Å². The first-order chi connectivity index (χ1) is 9.36. The third kappa shape index (κ3) is 3.00. The van der Waals surface area contributed by atoms with Crippen LogP contribution in [0.1, 0.15) is 22.3 Å². The van der Waals surface area contributed by atoms with Gasteiger partial charge in [0, 0.05) is 17.0 Å². The van der Waals surface area contributed by atoms with Crippen molar-refractivity contribution < 1.29 is 4.79 Å². The lowest BCUT2D eigenvalue weighted by Gasteiger charge is -2.05. The molecule has 94 valence electrons. The molecule has 0 aliphatic carbocycles. The lowest BCUT2D eigenvalue weighted by atomic mass is 9.99. The van der Waals surface area contributed by atoms with Crippen molar-refractivity contribution in [1.82, 2.24) is 0 Å². The van der Waals surface area contributed by atoms with Crippen molar-refractivity contribution in [1.29, 1.82) is 0 Å². The molecule has 0 saturated carbocycles. The molecule has 0 saturated heterocycles. The fraction of sp³-hybridized carbons (Fsp3) is 0.133. The summed E-state index contributed by atoms with van der Waals surface area (Å²) in [4.78, 5) is 13.8. The van der Waals surface area contributed by atoms with Crippen LogP contribution in [0, 0.1) is 0 Å². The fourth-order valence-electron chi connectivity index (χ4n) is 1.98. The Bertz CT molecular complexity index is 670. The summed E-state index contributed by atoms with van der Waals surface area (Å²) < 4.78 is 0. The zero-order valence-corrected chi connectivity index (χ0v) is 10.4. The summed E-state index contributed by atoms with van der Waals surface area (Å²) in [5.41, 5.74) is 9.77. The maximum absolute atomic E-state index is 11.1. The monoisotopic (exact) mass is 251 g/mol. The van der Waals surface area contributed by atoms with Gasteiger partial charge < -0.3 is 0 Å². The molecule has 0 spiro atoms. The quantitative estimate of drug-likeness (QED) is 0.256. The predicted molar refractivity (Wildman–Crippen MR) is 77.0 cm³/mol. The van der Waals surface area contributed by atoms with Crippen LogP contribution >= 0.6 is 0 Å². The van der Waals surface area contributed by atoms with Gasteiger partial charge in [0.05, 0.1) is 0 Å². The van der Waals surface area contributed by atoms with Crippen LogP contribution in [0.2, 0.25) is 0 Å². The second kappa shape index (κ2) is 6.38. The number of hydrogen-bond acceptors (Lipinski definition) is 2. The third-order valence-electron chi connectivity index (χ3n) is 2.87. The summed E-state index contributed by atoms with van der Waals surface area (Å²) in [6.45, 7) is 0.425. The average molecular weight is 251 g/mol. The van der Waals surface area contributed by atoms with Crippen molar-refractivity contribution >= 4 is 23.1 Å². The first-order valence-corrected chi connectivity index (χ1v) is 6.01. The number of nitrogens with zero attached hydrogens (tertiary/aromatic N) is 3. The number of carbonyl (C=O) groups is 1. The number of carbonyl (C=O) groups excluding carboxylic acids is 1. The summed E-state index contributed by atoms with van der Waals surface area (Å²) in [7, 11) is 0. The maximum atomic E-state index is 11.1. The fourth-order valence-corrected chi connectivity index (χ4v) is 1.98. The van der Waals surface area contributed by atoms with Crippen LogP contribution in [0.5, 0.6) is 0 Å². The van der Waals surface area contributed by atoms with E-state index >= 15 is 0 Å². The van der Waals surface area contributed by atoms with Gasteiger partial charge in [0.2, 0.25) is 0 Å². The van der Waals surface area contributed by atoms with Crippen molar-refractivity contribution in [2.24, 2.45) is 5.11 Å². The molecule has 0 atom stereocenters. The highest BCUT2D eigenvalue weighted by molar-refractivity contribution is 5.98. The molecule has 4 nitrogen and oxygen atoms in total. The molecule has 0 amide bonds. The van der Waals surface area contributed by atoms with Crippen molar-refractivity contribution in [3.63, 3.8) is 0 Å². The van der Waals surface area contributed by atoms with E-state index in [9.17, 15) is 4.79 Å². The molecular formula is C15H13N3O. The SMILES string of the molecule is [N-]=[N+]=NCCC=Cc1c(C=O)ccc2ccccc12. The van der Waals surface area contributed by atoms with Crippen LogP contribution in [0.3, 0.4) is 0 Å². The molecule has 0 aromatic heterocycles. The number of hydrogen-bond donors (Lipinski definition) is 0. The smallest absolute Gasteiger partial charge is 0.150 e. The van der Waals surface area contributed by atoms with Crippen LogP contribution in [-0.4, -0.2) is 12.8 Å². The van der Waals surface area contributed by atoms with Gasteiger partial charge in [-0.2, -0.15) is 0 Å². The summed E-state index contributed by atoms with van der Waals surface area (Å²) >= 11 is 0. The Hall–Kier alpha value is -2.58. The van der Waals surface area contributed by atoms with Gasteiger partial charge in [0.15, 0.2) is 6.29 Å². The summed E-state index contributed by atoms with van der Waals surface area (Å²) in [5.74, 6) is 0. The van der Waals surface area contributed by atoms with Gasteiger partial charge >= 0.3 is 0 Å². The van der Waals surface area contributed by atoms with Gasteiger partial charge in [-0.15, -0.1) is 0 Å². The summed E-state index contributed by atoms with van der Waals surface area (Å²) in [6, 6.07) is 11.7. The first kappa shape index (κ1) is 12.9.